The normalized spacial score (nSPS) is 38.4. The molecule has 0 radical (unpaired) electrons. The summed E-state index contributed by atoms with van der Waals surface area (Å²) < 4.78 is 6.08. The molecule has 0 heterocycles. The molecule has 1 amide bonds. The smallest absolute Gasteiger partial charge is 0.246 e. The van der Waals surface area contributed by atoms with Crippen LogP contribution < -0.4 is 5.32 Å². The second-order valence-electron chi connectivity index (χ2n) is 15.1. The molecule has 3 fully saturated rings. The first-order valence-corrected chi connectivity index (χ1v) is 15.6. The van der Waals surface area contributed by atoms with Crippen molar-refractivity contribution in [2.75, 3.05) is 13.2 Å². The van der Waals surface area contributed by atoms with E-state index in [0.717, 1.165) is 48.3 Å². The molecule has 8 atom stereocenters. The maximum Gasteiger partial charge on any atom is 0.246 e. The predicted molar refractivity (Wildman–Crippen MR) is 152 cm³/mol. The van der Waals surface area contributed by atoms with Gasteiger partial charge in [0.05, 0.1) is 11.7 Å². The van der Waals surface area contributed by atoms with E-state index in [1.807, 2.05) is 0 Å². The van der Waals surface area contributed by atoms with Crippen molar-refractivity contribution >= 4 is 5.91 Å². The monoisotopic (exact) mass is 515 g/mol. The first-order valence-electron chi connectivity index (χ1n) is 15.6. The number of fused-ring (bicyclic) bond motifs is 5. The van der Waals surface area contributed by atoms with Gasteiger partial charge in [-0.25, -0.2) is 0 Å². The predicted octanol–water partition coefficient (Wildman–Crippen LogP) is 7.30. The molecule has 0 spiro atoms. The molecule has 0 aliphatic heterocycles. The SMILES string of the molecule is CC(C)CCCC(C)C1CCC2C3CC=C4CC(OCC(=O)NCC(C)(C)O)CCC4(C)C3CCC12C. The minimum atomic E-state index is -0.896. The third kappa shape index (κ3) is 6.32. The molecule has 37 heavy (non-hydrogen) atoms. The molecule has 4 aliphatic rings. The number of hydrogen-bond donors (Lipinski definition) is 2. The number of hydrogen-bond acceptors (Lipinski definition) is 3. The van der Waals surface area contributed by atoms with Gasteiger partial charge in [-0.3, -0.25) is 4.79 Å². The van der Waals surface area contributed by atoms with Crippen LogP contribution in [0.3, 0.4) is 0 Å². The molecule has 4 rings (SSSR count). The molecule has 3 saturated carbocycles. The fourth-order valence-electron chi connectivity index (χ4n) is 9.35. The lowest BCUT2D eigenvalue weighted by atomic mass is 9.47. The summed E-state index contributed by atoms with van der Waals surface area (Å²) >= 11 is 0. The van der Waals surface area contributed by atoms with Gasteiger partial charge in [0.1, 0.15) is 6.61 Å². The Morgan fingerprint density at radius 1 is 1.11 bits per heavy atom. The van der Waals surface area contributed by atoms with Gasteiger partial charge < -0.3 is 15.2 Å². The summed E-state index contributed by atoms with van der Waals surface area (Å²) in [5.74, 6) is 5.04. The molecule has 4 nitrogen and oxygen atoms in total. The Morgan fingerprint density at radius 2 is 1.86 bits per heavy atom. The summed E-state index contributed by atoms with van der Waals surface area (Å²) in [7, 11) is 0. The molecule has 0 saturated heterocycles. The molecule has 4 aliphatic carbocycles. The number of nitrogens with one attached hydrogen (secondary N) is 1. The molecule has 0 aromatic heterocycles. The number of allylic oxidation sites excluding steroid dienone is 1. The van der Waals surface area contributed by atoms with E-state index in [2.05, 4.69) is 46.0 Å². The first kappa shape index (κ1) is 29.1. The minimum Gasteiger partial charge on any atom is -0.389 e. The number of aliphatic hydroxyl groups is 1. The highest BCUT2D eigenvalue weighted by Crippen LogP contribution is 2.67. The zero-order valence-electron chi connectivity index (χ0n) is 25.1. The second kappa shape index (κ2) is 11.3. The second-order valence-corrected chi connectivity index (χ2v) is 15.1. The van der Waals surface area contributed by atoms with E-state index in [0.29, 0.717) is 10.8 Å². The topological polar surface area (TPSA) is 58.6 Å². The Kier molecular flexibility index (Phi) is 8.91. The molecule has 0 aromatic carbocycles. The zero-order chi connectivity index (χ0) is 27.0. The van der Waals surface area contributed by atoms with E-state index in [1.54, 1.807) is 19.4 Å². The average Bonchev–Trinajstić information content (AvgIpc) is 3.18. The van der Waals surface area contributed by atoms with Gasteiger partial charge in [-0.05, 0) is 112 Å². The molecule has 212 valence electrons. The third-order valence-corrected chi connectivity index (χ3v) is 11.4. The van der Waals surface area contributed by atoms with E-state index < -0.39 is 5.60 Å². The number of carbonyl (C=O) groups excluding carboxylic acids is 1. The third-order valence-electron chi connectivity index (χ3n) is 11.4. The van der Waals surface area contributed by atoms with Gasteiger partial charge in [-0.15, -0.1) is 0 Å². The quantitative estimate of drug-likeness (QED) is 0.300. The van der Waals surface area contributed by atoms with Crippen molar-refractivity contribution < 1.29 is 14.6 Å². The maximum absolute atomic E-state index is 12.2. The van der Waals surface area contributed by atoms with Crippen molar-refractivity contribution in [3.63, 3.8) is 0 Å². The highest BCUT2D eigenvalue weighted by atomic mass is 16.5. The lowest BCUT2D eigenvalue weighted by Crippen LogP contribution is -2.51. The van der Waals surface area contributed by atoms with Gasteiger partial charge in [-0.1, -0.05) is 65.5 Å². The van der Waals surface area contributed by atoms with Crippen molar-refractivity contribution in [1.29, 1.82) is 0 Å². The Balaban J connectivity index is 1.35. The van der Waals surface area contributed by atoms with Crippen LogP contribution in [-0.2, 0) is 9.53 Å². The Bertz CT molecular complexity index is 828. The largest absolute Gasteiger partial charge is 0.389 e. The van der Waals surface area contributed by atoms with Crippen LogP contribution in [0.2, 0.25) is 0 Å². The lowest BCUT2D eigenvalue weighted by Gasteiger charge is -2.58. The Labute approximate surface area is 227 Å². The Hall–Kier alpha value is -0.870. The molecule has 8 unspecified atom stereocenters. The molecule has 2 N–H and O–H groups in total. The van der Waals surface area contributed by atoms with Crippen molar-refractivity contribution in [2.45, 2.75) is 131 Å². The van der Waals surface area contributed by atoms with Crippen LogP contribution in [0.1, 0.15) is 119 Å². The molecular weight excluding hydrogens is 458 g/mol. The van der Waals surface area contributed by atoms with Crippen molar-refractivity contribution in [3.8, 4) is 0 Å². The maximum atomic E-state index is 12.2. The lowest BCUT2D eigenvalue weighted by molar-refractivity contribution is -0.130. The van der Waals surface area contributed by atoms with Crippen LogP contribution in [0, 0.1) is 46.3 Å². The fourth-order valence-corrected chi connectivity index (χ4v) is 9.35. The number of carbonyl (C=O) groups is 1. The van der Waals surface area contributed by atoms with Crippen LogP contribution >= 0.6 is 0 Å². The molecule has 0 aromatic rings. The zero-order valence-corrected chi connectivity index (χ0v) is 25.1. The van der Waals surface area contributed by atoms with Gasteiger partial charge in [0.15, 0.2) is 0 Å². The van der Waals surface area contributed by atoms with E-state index in [4.69, 9.17) is 4.74 Å². The number of ether oxygens (including phenoxy) is 1. The van der Waals surface area contributed by atoms with Crippen LogP contribution in [0.5, 0.6) is 0 Å². The van der Waals surface area contributed by atoms with Crippen molar-refractivity contribution in [2.24, 2.45) is 46.3 Å². The van der Waals surface area contributed by atoms with E-state index in [-0.39, 0.29) is 25.2 Å². The summed E-state index contributed by atoms with van der Waals surface area (Å²) in [5.41, 5.74) is 1.57. The van der Waals surface area contributed by atoms with E-state index in [1.165, 1.54) is 57.8 Å². The summed E-state index contributed by atoms with van der Waals surface area (Å²) in [6.45, 7) is 16.3. The highest BCUT2D eigenvalue weighted by molar-refractivity contribution is 5.77. The molecular formula is C33H57NO3. The summed E-state index contributed by atoms with van der Waals surface area (Å²) in [5, 5.41) is 12.6. The number of rotatable bonds is 10. The standard InChI is InChI=1S/C33H57NO3/c1-22(2)9-8-10-23(3)27-13-14-28-26-12-11-24-19-25(37-20-30(35)34-21-31(4,5)36)15-17-32(24,6)29(26)16-18-33(27,28)7/h11,22-23,25-29,36H,8-10,12-21H2,1-7H3,(H,34,35). The van der Waals surface area contributed by atoms with E-state index >= 15 is 0 Å². The van der Waals surface area contributed by atoms with Crippen LogP contribution in [0.25, 0.3) is 0 Å². The van der Waals surface area contributed by atoms with Crippen molar-refractivity contribution in [3.05, 3.63) is 11.6 Å². The van der Waals surface area contributed by atoms with Crippen LogP contribution in [0.15, 0.2) is 11.6 Å². The summed E-state index contributed by atoms with van der Waals surface area (Å²) in [6.07, 6.45) is 17.1. The fraction of sp³-hybridized carbons (Fsp3) is 0.909. The van der Waals surface area contributed by atoms with Gasteiger partial charge >= 0.3 is 0 Å². The first-order chi connectivity index (χ1) is 17.3. The van der Waals surface area contributed by atoms with Gasteiger partial charge in [-0.2, -0.15) is 0 Å². The van der Waals surface area contributed by atoms with Gasteiger partial charge in [0.25, 0.3) is 0 Å². The van der Waals surface area contributed by atoms with Crippen LogP contribution in [0.4, 0.5) is 0 Å². The number of amides is 1. The summed E-state index contributed by atoms with van der Waals surface area (Å²) in [6, 6.07) is 0. The average molecular weight is 516 g/mol. The van der Waals surface area contributed by atoms with Gasteiger partial charge in [0, 0.05) is 6.54 Å². The van der Waals surface area contributed by atoms with Crippen molar-refractivity contribution in [1.82, 2.24) is 5.32 Å². The summed E-state index contributed by atoms with van der Waals surface area (Å²) in [4.78, 5) is 12.2. The van der Waals surface area contributed by atoms with Crippen LogP contribution in [-0.4, -0.2) is 35.9 Å². The highest BCUT2D eigenvalue weighted by Gasteiger charge is 2.59. The molecule has 4 heteroatoms. The Morgan fingerprint density at radius 3 is 2.57 bits per heavy atom. The minimum absolute atomic E-state index is 0.0912. The molecule has 0 bridgehead atoms. The van der Waals surface area contributed by atoms with Gasteiger partial charge in [0.2, 0.25) is 5.91 Å². The van der Waals surface area contributed by atoms with E-state index in [9.17, 15) is 9.90 Å².